The van der Waals surface area contributed by atoms with Crippen LogP contribution in [-0.2, 0) is 21.7 Å². The molecule has 86 heavy (non-hydrogen) atoms. The van der Waals surface area contributed by atoms with Crippen molar-refractivity contribution in [1.29, 1.82) is 0 Å². The third kappa shape index (κ3) is 9.26. The number of para-hydroxylation sites is 2. The minimum Gasteiger partial charge on any atom is -0.311 e. The summed E-state index contributed by atoms with van der Waals surface area (Å²) in [6.45, 7) is 32.6. The molecule has 14 rings (SSSR count). The van der Waals surface area contributed by atoms with Crippen molar-refractivity contribution in [2.24, 2.45) is 0 Å². The molecule has 0 N–H and O–H groups in total. The molecule has 0 unspecified atom stereocenters. The van der Waals surface area contributed by atoms with Gasteiger partial charge in [0.15, 0.2) is 0 Å². The van der Waals surface area contributed by atoms with Crippen LogP contribution < -0.4 is 31.1 Å². The fourth-order valence-corrected chi connectivity index (χ4v) is 15.0. The predicted molar refractivity (Wildman–Crippen MR) is 375 cm³/mol. The zero-order valence-corrected chi connectivity index (χ0v) is 53.3. The Balaban J connectivity index is 1.04. The van der Waals surface area contributed by atoms with Gasteiger partial charge < -0.3 is 19.3 Å². The van der Waals surface area contributed by atoms with Crippen LogP contribution in [0.25, 0.3) is 48.0 Å². The average molecular weight is 1140 g/mol. The Morgan fingerprint density at radius 3 is 1.57 bits per heavy atom. The quantitative estimate of drug-likeness (QED) is 0.148. The molecule has 0 amide bonds. The molecule has 2 aliphatic heterocycles. The minimum absolute atomic E-state index is 0.00851. The van der Waals surface area contributed by atoms with Crippen LogP contribution in [0, 0.1) is 13.8 Å². The topological polar surface area (TPSA) is 14.7 Å². The number of aryl methyl sites for hydroxylation is 2. The number of hydrogen-bond acceptors (Lipinski definition) is 4. The number of fused-ring (bicyclic) bond motifs is 8. The number of benzene rings is 10. The maximum absolute atomic E-state index is 2.62. The van der Waals surface area contributed by atoms with E-state index in [-0.39, 0.29) is 28.4 Å². The highest BCUT2D eigenvalue weighted by Crippen LogP contribution is 2.50. The first-order chi connectivity index (χ1) is 41.0. The van der Waals surface area contributed by atoms with Crippen LogP contribution in [0.2, 0.25) is 0 Å². The number of thiophene rings is 1. The van der Waals surface area contributed by atoms with Gasteiger partial charge in [0.1, 0.15) is 0 Å². The summed E-state index contributed by atoms with van der Waals surface area (Å²) >= 11 is 1.89. The van der Waals surface area contributed by atoms with Crippen LogP contribution in [-0.4, -0.2) is 11.3 Å². The first kappa shape index (κ1) is 55.3. The van der Waals surface area contributed by atoms with E-state index >= 15 is 0 Å². The highest BCUT2D eigenvalue weighted by Gasteiger charge is 2.45. The van der Waals surface area contributed by atoms with E-state index in [0.717, 1.165) is 28.4 Å². The third-order valence-corrected chi connectivity index (χ3v) is 19.5. The first-order valence-electron chi connectivity index (χ1n) is 30.8. The molecule has 2 aliphatic rings. The smallest absolute Gasteiger partial charge is 0.252 e. The number of anilines is 9. The van der Waals surface area contributed by atoms with Crippen LogP contribution in [0.4, 0.5) is 51.2 Å². The van der Waals surface area contributed by atoms with Crippen molar-refractivity contribution in [1.82, 2.24) is 4.57 Å². The molecule has 10 aromatic carbocycles. The number of rotatable bonds is 7. The zero-order chi connectivity index (χ0) is 59.9. The Morgan fingerprint density at radius 2 is 0.919 bits per heavy atom. The standard InChI is InChI=1S/C80H77BN4S/c1-50-42-62(43-51(2)75(50)74-44-52-22-18-21-27-73(52)86-74)85-68-41-32-55(79(9,10)11)45-66(68)81-65-40-38-61(49-70(65)84(59-35-30-54(31-36-59)78(6,7)8)71-46-56(80(12,13)14)47-72(85)76(71)81)82(58-33-28-53(29-34-58)77(3,4)5)60-37-39-64-63-25-19-20-26-67(63)83(69(64)48-60)57-23-16-15-17-24-57/h15-49H,1-14H3. The average Bonchev–Trinajstić information content (AvgIpc) is 0.907. The molecule has 4 nitrogen and oxygen atoms in total. The molecule has 426 valence electrons. The van der Waals surface area contributed by atoms with Gasteiger partial charge in [0.25, 0.3) is 6.71 Å². The van der Waals surface area contributed by atoms with Crippen LogP contribution in [0.1, 0.15) is 116 Å². The van der Waals surface area contributed by atoms with Gasteiger partial charge in [-0.15, -0.1) is 11.3 Å². The summed E-state index contributed by atoms with van der Waals surface area (Å²) in [5, 5.41) is 3.76. The lowest BCUT2D eigenvalue weighted by molar-refractivity contribution is 0.590. The SMILES string of the molecule is Cc1cc(N2c3ccc(C(C)(C)C)cc3B3c4ccc(N(c5ccc(C(C)(C)C)cc5)c5ccc6c7ccccc7n(-c7ccccc7)c6c5)cc4N(c4ccc(C(C)(C)C)cc4)c4cc(C(C)(C)C)cc2c43)cc(C)c1-c1cc2ccccc2s1. The van der Waals surface area contributed by atoms with Gasteiger partial charge in [-0.3, -0.25) is 0 Å². The Labute approximate surface area is 514 Å². The summed E-state index contributed by atoms with van der Waals surface area (Å²) in [4.78, 5) is 9.04. The summed E-state index contributed by atoms with van der Waals surface area (Å²) in [6.07, 6.45) is 0. The summed E-state index contributed by atoms with van der Waals surface area (Å²) in [5.41, 5.74) is 26.7. The second-order valence-electron chi connectivity index (χ2n) is 28.5. The van der Waals surface area contributed by atoms with E-state index in [0.29, 0.717) is 0 Å². The Bertz CT molecular complexity index is 4590. The van der Waals surface area contributed by atoms with Crippen LogP contribution in [0.15, 0.2) is 212 Å². The molecular formula is C80H77BN4S. The van der Waals surface area contributed by atoms with E-state index in [9.17, 15) is 0 Å². The molecule has 0 spiro atoms. The monoisotopic (exact) mass is 1140 g/mol. The lowest BCUT2D eigenvalue weighted by atomic mass is 9.33. The third-order valence-electron chi connectivity index (χ3n) is 18.4. The van der Waals surface area contributed by atoms with Gasteiger partial charge in [0, 0.05) is 77.2 Å². The maximum atomic E-state index is 2.62. The fourth-order valence-electron chi connectivity index (χ4n) is 13.8. The lowest BCUT2D eigenvalue weighted by Gasteiger charge is -2.46. The Morgan fingerprint density at radius 1 is 0.372 bits per heavy atom. The van der Waals surface area contributed by atoms with Crippen molar-refractivity contribution in [2.75, 3.05) is 14.7 Å². The molecule has 0 radical (unpaired) electrons. The number of aromatic nitrogens is 1. The summed E-state index contributed by atoms with van der Waals surface area (Å²) in [6, 6.07) is 81.4. The molecule has 0 saturated carbocycles. The summed E-state index contributed by atoms with van der Waals surface area (Å²) in [5.74, 6) is 0. The van der Waals surface area contributed by atoms with Gasteiger partial charge in [-0.05, 0) is 205 Å². The minimum atomic E-state index is -0.180. The van der Waals surface area contributed by atoms with E-state index in [2.05, 4.69) is 329 Å². The second kappa shape index (κ2) is 20.0. The van der Waals surface area contributed by atoms with Gasteiger partial charge in [-0.1, -0.05) is 186 Å². The van der Waals surface area contributed by atoms with E-state index < -0.39 is 0 Å². The fraction of sp³-hybridized carbons (Fsp3) is 0.225. The predicted octanol–water partition coefficient (Wildman–Crippen LogP) is 21.0. The molecule has 2 aromatic heterocycles. The van der Waals surface area contributed by atoms with Gasteiger partial charge in [0.2, 0.25) is 0 Å². The second-order valence-corrected chi connectivity index (χ2v) is 29.6. The normalized spacial score (nSPS) is 13.4. The highest BCUT2D eigenvalue weighted by molar-refractivity contribution is 7.22. The molecule has 6 heteroatoms. The Kier molecular flexibility index (Phi) is 12.9. The van der Waals surface area contributed by atoms with Gasteiger partial charge in [-0.2, -0.15) is 0 Å². The molecule has 0 bridgehead atoms. The maximum Gasteiger partial charge on any atom is 0.252 e. The molecular weight excluding hydrogens is 1060 g/mol. The Hall–Kier alpha value is -8.58. The van der Waals surface area contributed by atoms with Crippen molar-refractivity contribution in [3.05, 3.63) is 246 Å². The first-order valence-corrected chi connectivity index (χ1v) is 31.6. The van der Waals surface area contributed by atoms with Crippen molar-refractivity contribution in [3.63, 3.8) is 0 Å². The van der Waals surface area contributed by atoms with Crippen LogP contribution in [0.3, 0.4) is 0 Å². The van der Waals surface area contributed by atoms with Crippen molar-refractivity contribution in [3.8, 4) is 16.1 Å². The van der Waals surface area contributed by atoms with E-state index in [1.54, 1.807) is 0 Å². The number of nitrogens with zero attached hydrogens (tertiary/aromatic N) is 4. The highest BCUT2D eigenvalue weighted by atomic mass is 32.1. The van der Waals surface area contributed by atoms with Crippen LogP contribution in [0.5, 0.6) is 0 Å². The zero-order valence-electron chi connectivity index (χ0n) is 52.5. The summed E-state index contributed by atoms with van der Waals surface area (Å²) < 4.78 is 3.75. The largest absolute Gasteiger partial charge is 0.311 e. The van der Waals surface area contributed by atoms with Crippen LogP contribution >= 0.6 is 11.3 Å². The van der Waals surface area contributed by atoms with Gasteiger partial charge in [-0.25, -0.2) is 0 Å². The molecule has 12 aromatic rings. The van der Waals surface area contributed by atoms with Crippen molar-refractivity contribution >= 4 is 118 Å². The summed E-state index contributed by atoms with van der Waals surface area (Å²) in [7, 11) is 0. The van der Waals surface area contributed by atoms with Crippen molar-refractivity contribution < 1.29 is 0 Å². The lowest BCUT2D eigenvalue weighted by Crippen LogP contribution is -2.61. The molecule has 0 fully saturated rings. The van der Waals surface area contributed by atoms with Gasteiger partial charge >= 0.3 is 0 Å². The van der Waals surface area contributed by atoms with E-state index in [4.69, 9.17) is 0 Å². The number of hydrogen-bond donors (Lipinski definition) is 0. The molecule has 0 saturated heterocycles. The molecule has 4 heterocycles. The van der Waals surface area contributed by atoms with E-state index in [1.807, 2.05) is 11.3 Å². The van der Waals surface area contributed by atoms with Gasteiger partial charge in [0.05, 0.1) is 11.0 Å². The van der Waals surface area contributed by atoms with Crippen molar-refractivity contribution in [2.45, 2.75) is 119 Å². The van der Waals surface area contributed by atoms with E-state index in [1.165, 1.54) is 121 Å². The molecule has 0 aliphatic carbocycles. The molecule has 0 atom stereocenters.